The van der Waals surface area contributed by atoms with Crippen LogP contribution in [0, 0.1) is 25.7 Å². The molecule has 0 aliphatic carbocycles. The summed E-state index contributed by atoms with van der Waals surface area (Å²) in [6, 6.07) is 7.66. The first-order chi connectivity index (χ1) is 14.8. The first kappa shape index (κ1) is 23.3. The summed E-state index contributed by atoms with van der Waals surface area (Å²) < 4.78 is 38.1. The Morgan fingerprint density at radius 3 is 2.58 bits per heavy atom. The zero-order valence-electron chi connectivity index (χ0n) is 18.6. The Bertz CT molecular complexity index is 990. The Morgan fingerprint density at radius 1 is 1.29 bits per heavy atom. The van der Waals surface area contributed by atoms with Crippen molar-refractivity contribution in [1.82, 2.24) is 14.8 Å². The van der Waals surface area contributed by atoms with Gasteiger partial charge in [-0.05, 0) is 45.6 Å². The van der Waals surface area contributed by atoms with Gasteiger partial charge in [0.25, 0.3) is 0 Å². The number of sulfonamides is 1. The maximum atomic E-state index is 13.0. The summed E-state index contributed by atoms with van der Waals surface area (Å²) in [4.78, 5) is 12.9. The standard InChI is InChI=1S/C22H31N3O5S/c1-5-29-20-9-7-6-8-19(20)14-23-22(26)15(2)18-10-12-25(13-11-18)31(27,28)21-16(3)24-30-17(21)4/h6-9,15,18H,5,10-14H2,1-4H3,(H,23,26)/t15-/m1/s1. The first-order valence-corrected chi connectivity index (χ1v) is 12.1. The molecule has 1 N–H and O–H groups in total. The third-order valence-corrected chi connectivity index (χ3v) is 8.05. The Balaban J connectivity index is 1.56. The van der Waals surface area contributed by atoms with E-state index in [9.17, 15) is 13.2 Å². The molecule has 0 radical (unpaired) electrons. The number of hydrogen-bond acceptors (Lipinski definition) is 6. The second-order valence-electron chi connectivity index (χ2n) is 7.94. The van der Waals surface area contributed by atoms with E-state index >= 15 is 0 Å². The molecule has 0 saturated carbocycles. The molecule has 2 heterocycles. The maximum absolute atomic E-state index is 13.0. The number of nitrogens with one attached hydrogen (secondary N) is 1. The predicted molar refractivity (Wildman–Crippen MR) is 116 cm³/mol. The van der Waals surface area contributed by atoms with Gasteiger partial charge in [-0.2, -0.15) is 4.31 Å². The van der Waals surface area contributed by atoms with Gasteiger partial charge in [0.15, 0.2) is 5.76 Å². The number of piperidine rings is 1. The van der Waals surface area contributed by atoms with Gasteiger partial charge in [-0.1, -0.05) is 30.3 Å². The van der Waals surface area contributed by atoms with Gasteiger partial charge in [0.2, 0.25) is 15.9 Å². The van der Waals surface area contributed by atoms with E-state index in [-0.39, 0.29) is 22.6 Å². The van der Waals surface area contributed by atoms with E-state index < -0.39 is 10.0 Å². The monoisotopic (exact) mass is 449 g/mol. The van der Waals surface area contributed by atoms with Crippen molar-refractivity contribution in [3.8, 4) is 5.75 Å². The summed E-state index contributed by atoms with van der Waals surface area (Å²) in [6.07, 6.45) is 1.26. The number of hydrogen-bond donors (Lipinski definition) is 1. The van der Waals surface area contributed by atoms with Crippen LogP contribution in [-0.2, 0) is 21.4 Å². The quantitative estimate of drug-likeness (QED) is 0.665. The van der Waals surface area contributed by atoms with Crippen LogP contribution in [0.25, 0.3) is 0 Å². The average molecular weight is 450 g/mol. The van der Waals surface area contributed by atoms with Gasteiger partial charge >= 0.3 is 0 Å². The average Bonchev–Trinajstić information content (AvgIpc) is 3.11. The largest absolute Gasteiger partial charge is 0.494 e. The van der Waals surface area contributed by atoms with Gasteiger partial charge in [-0.3, -0.25) is 4.79 Å². The van der Waals surface area contributed by atoms with Gasteiger partial charge in [-0.15, -0.1) is 0 Å². The lowest BCUT2D eigenvalue weighted by molar-refractivity contribution is -0.126. The van der Waals surface area contributed by atoms with Crippen molar-refractivity contribution in [2.75, 3.05) is 19.7 Å². The van der Waals surface area contributed by atoms with Crippen LogP contribution in [0.15, 0.2) is 33.7 Å². The van der Waals surface area contributed by atoms with E-state index in [0.29, 0.717) is 50.5 Å². The van der Waals surface area contributed by atoms with Crippen LogP contribution < -0.4 is 10.1 Å². The van der Waals surface area contributed by atoms with Crippen LogP contribution in [-0.4, -0.2) is 43.5 Å². The van der Waals surface area contributed by atoms with E-state index in [1.165, 1.54) is 4.31 Å². The van der Waals surface area contributed by atoms with Crippen molar-refractivity contribution < 1.29 is 22.5 Å². The summed E-state index contributed by atoms with van der Waals surface area (Å²) in [6.45, 7) is 8.80. The molecular formula is C22H31N3O5S. The second kappa shape index (κ2) is 9.82. The Hall–Kier alpha value is -2.39. The van der Waals surface area contributed by atoms with E-state index in [0.717, 1.165) is 11.3 Å². The number of rotatable bonds is 8. The minimum Gasteiger partial charge on any atom is -0.494 e. The van der Waals surface area contributed by atoms with Crippen molar-refractivity contribution in [3.05, 3.63) is 41.3 Å². The number of carbonyl (C=O) groups is 1. The van der Waals surface area contributed by atoms with Crippen LogP contribution in [0.1, 0.15) is 43.7 Å². The third-order valence-electron chi connectivity index (χ3n) is 5.91. The molecule has 31 heavy (non-hydrogen) atoms. The lowest BCUT2D eigenvalue weighted by atomic mass is 9.85. The topological polar surface area (TPSA) is 102 Å². The maximum Gasteiger partial charge on any atom is 0.248 e. The van der Waals surface area contributed by atoms with E-state index in [2.05, 4.69) is 10.5 Å². The van der Waals surface area contributed by atoms with Gasteiger partial charge < -0.3 is 14.6 Å². The third kappa shape index (κ3) is 5.10. The van der Waals surface area contributed by atoms with Crippen LogP contribution in [0.4, 0.5) is 0 Å². The molecule has 1 saturated heterocycles. The van der Waals surface area contributed by atoms with Gasteiger partial charge in [0, 0.05) is 31.1 Å². The number of ether oxygens (including phenoxy) is 1. The van der Waals surface area contributed by atoms with E-state index in [4.69, 9.17) is 9.26 Å². The van der Waals surface area contributed by atoms with Gasteiger partial charge in [0.1, 0.15) is 16.3 Å². The minimum atomic E-state index is -3.64. The highest BCUT2D eigenvalue weighted by Gasteiger charge is 2.36. The smallest absolute Gasteiger partial charge is 0.248 e. The Morgan fingerprint density at radius 2 is 1.97 bits per heavy atom. The second-order valence-corrected chi connectivity index (χ2v) is 9.82. The molecular weight excluding hydrogens is 418 g/mol. The first-order valence-electron chi connectivity index (χ1n) is 10.7. The lowest BCUT2D eigenvalue weighted by Gasteiger charge is -2.33. The van der Waals surface area contributed by atoms with Crippen molar-refractivity contribution in [3.63, 3.8) is 0 Å². The molecule has 170 valence electrons. The highest BCUT2D eigenvalue weighted by atomic mass is 32.2. The van der Waals surface area contributed by atoms with E-state index in [1.807, 2.05) is 38.1 Å². The zero-order chi connectivity index (χ0) is 22.6. The minimum absolute atomic E-state index is 0.0293. The van der Waals surface area contributed by atoms with Crippen molar-refractivity contribution >= 4 is 15.9 Å². The molecule has 1 fully saturated rings. The molecule has 0 spiro atoms. The fourth-order valence-electron chi connectivity index (χ4n) is 4.09. The Kier molecular flexibility index (Phi) is 7.38. The van der Waals surface area contributed by atoms with Crippen molar-refractivity contribution in [1.29, 1.82) is 0 Å². The summed E-state index contributed by atoms with van der Waals surface area (Å²) in [5.41, 5.74) is 1.31. The number of aryl methyl sites for hydroxylation is 2. The Labute approximate surface area is 184 Å². The summed E-state index contributed by atoms with van der Waals surface area (Å²) in [5, 5.41) is 6.77. The van der Waals surface area contributed by atoms with Crippen LogP contribution in [0.5, 0.6) is 5.75 Å². The highest BCUT2D eigenvalue weighted by Crippen LogP contribution is 2.30. The molecule has 1 amide bonds. The fraction of sp³-hybridized carbons (Fsp3) is 0.545. The zero-order valence-corrected chi connectivity index (χ0v) is 19.4. The molecule has 2 aromatic rings. The molecule has 0 unspecified atom stereocenters. The number of para-hydroxylation sites is 1. The number of aromatic nitrogens is 1. The number of nitrogens with zero attached hydrogens (tertiary/aromatic N) is 2. The van der Waals surface area contributed by atoms with Crippen molar-refractivity contribution in [2.24, 2.45) is 11.8 Å². The summed E-state index contributed by atoms with van der Waals surface area (Å²) >= 11 is 0. The van der Waals surface area contributed by atoms with E-state index in [1.54, 1.807) is 13.8 Å². The molecule has 9 heteroatoms. The van der Waals surface area contributed by atoms with Crippen LogP contribution in [0.3, 0.4) is 0 Å². The molecule has 1 atom stereocenters. The molecule has 8 nitrogen and oxygen atoms in total. The molecule has 3 rings (SSSR count). The van der Waals surface area contributed by atoms with Gasteiger partial charge in [-0.25, -0.2) is 8.42 Å². The predicted octanol–water partition coefficient (Wildman–Crippen LogP) is 3.04. The lowest BCUT2D eigenvalue weighted by Crippen LogP contribution is -2.42. The van der Waals surface area contributed by atoms with Crippen molar-refractivity contribution in [2.45, 2.75) is 52.0 Å². The SMILES string of the molecule is CCOc1ccccc1CNC(=O)[C@H](C)C1CCN(S(=O)(=O)c2c(C)noc2C)CC1. The summed E-state index contributed by atoms with van der Waals surface area (Å²) in [7, 11) is -3.64. The molecule has 1 aromatic carbocycles. The normalized spacial score (nSPS) is 16.8. The van der Waals surface area contributed by atoms with Gasteiger partial charge in [0.05, 0.1) is 6.61 Å². The van der Waals surface area contributed by atoms with Crippen LogP contribution >= 0.6 is 0 Å². The molecule has 1 aliphatic heterocycles. The fourth-order valence-corrected chi connectivity index (χ4v) is 5.85. The number of carbonyl (C=O) groups excluding carboxylic acids is 1. The molecule has 1 aliphatic rings. The molecule has 0 bridgehead atoms. The highest BCUT2D eigenvalue weighted by molar-refractivity contribution is 7.89. The number of amides is 1. The summed E-state index contributed by atoms with van der Waals surface area (Å²) in [5.74, 6) is 0.968. The molecule has 1 aromatic heterocycles. The van der Waals surface area contributed by atoms with Crippen LogP contribution in [0.2, 0.25) is 0 Å². The number of benzene rings is 1.